The van der Waals surface area contributed by atoms with Crippen molar-refractivity contribution in [2.45, 2.75) is 37.9 Å². The van der Waals surface area contributed by atoms with E-state index in [1.807, 2.05) is 0 Å². The number of aromatic nitrogens is 3. The number of nitrogens with one attached hydrogen (secondary N) is 2. The number of alkyl halides is 3. The Morgan fingerprint density at radius 2 is 1.92 bits per heavy atom. The van der Waals surface area contributed by atoms with Crippen molar-refractivity contribution in [3.63, 3.8) is 0 Å². The molecule has 0 aliphatic heterocycles. The molecule has 1 heterocycles. The third kappa shape index (κ3) is 4.05. The molecule has 1 aromatic carbocycles. The molecule has 0 bridgehead atoms. The van der Waals surface area contributed by atoms with Crippen molar-refractivity contribution in [3.8, 4) is 0 Å². The van der Waals surface area contributed by atoms with Gasteiger partial charge in [0.05, 0.1) is 17.4 Å². The molecule has 9 heteroatoms. The molecule has 0 spiro atoms. The lowest BCUT2D eigenvalue weighted by Crippen LogP contribution is -2.16. The smallest absolute Gasteiger partial charge is 0.366 e. The van der Waals surface area contributed by atoms with Crippen LogP contribution < -0.4 is 10.6 Å². The number of anilines is 3. The van der Waals surface area contributed by atoms with Crippen molar-refractivity contribution in [1.82, 2.24) is 15.2 Å². The van der Waals surface area contributed by atoms with Crippen LogP contribution in [0.5, 0.6) is 0 Å². The van der Waals surface area contributed by atoms with Crippen LogP contribution >= 0.6 is 11.6 Å². The number of halogens is 4. The molecule has 2 aromatic rings. The van der Waals surface area contributed by atoms with Gasteiger partial charge in [-0.25, -0.2) is 0 Å². The third-order valence-corrected chi connectivity index (χ3v) is 4.03. The highest BCUT2D eigenvalue weighted by Gasteiger charge is 2.34. The van der Waals surface area contributed by atoms with Crippen molar-refractivity contribution in [3.05, 3.63) is 35.0 Å². The number of hydrogen-bond acceptors (Lipinski definition) is 5. The Balaban J connectivity index is 1.81. The van der Waals surface area contributed by atoms with E-state index in [-0.39, 0.29) is 16.7 Å². The third-order valence-electron chi connectivity index (χ3n) is 3.80. The minimum Gasteiger partial charge on any atom is -0.366 e. The van der Waals surface area contributed by atoms with Crippen molar-refractivity contribution >= 4 is 29.1 Å². The summed E-state index contributed by atoms with van der Waals surface area (Å²) in [5.41, 5.74) is -1.06. The van der Waals surface area contributed by atoms with Crippen LogP contribution in [-0.4, -0.2) is 21.2 Å². The van der Waals surface area contributed by atoms with Crippen LogP contribution in [0.3, 0.4) is 0 Å². The van der Waals surface area contributed by atoms with Gasteiger partial charge in [-0.05, 0) is 31.0 Å². The summed E-state index contributed by atoms with van der Waals surface area (Å²) in [5, 5.41) is 13.3. The van der Waals surface area contributed by atoms with E-state index in [0.717, 1.165) is 31.7 Å². The Kier molecular flexibility index (Phi) is 4.75. The van der Waals surface area contributed by atoms with E-state index >= 15 is 0 Å². The molecular formula is C15H15ClF3N5. The topological polar surface area (TPSA) is 62.7 Å². The van der Waals surface area contributed by atoms with Crippen LogP contribution in [0.1, 0.15) is 31.2 Å². The highest BCUT2D eigenvalue weighted by molar-refractivity contribution is 6.30. The molecule has 0 unspecified atom stereocenters. The SMILES string of the molecule is FC(F)(F)c1cc(Cl)ccc1Nc1nncc(NC2CCCC2)n1. The zero-order valence-corrected chi connectivity index (χ0v) is 13.3. The normalized spacial score (nSPS) is 15.5. The molecule has 5 nitrogen and oxygen atoms in total. The van der Waals surface area contributed by atoms with E-state index in [4.69, 9.17) is 11.6 Å². The molecule has 0 radical (unpaired) electrons. The Hall–Kier alpha value is -2.09. The molecule has 1 aliphatic carbocycles. The fourth-order valence-corrected chi connectivity index (χ4v) is 2.86. The second-order valence-corrected chi connectivity index (χ2v) is 6.04. The average molecular weight is 358 g/mol. The first-order valence-electron chi connectivity index (χ1n) is 7.52. The van der Waals surface area contributed by atoms with Crippen molar-refractivity contribution in [2.75, 3.05) is 10.6 Å². The standard InChI is InChI=1S/C15H15ClF3N5/c16-9-5-6-12(11(7-9)15(17,18)19)22-14-23-13(8-20-24-14)21-10-3-1-2-4-10/h5-8,10H,1-4H2,(H2,21,22,23,24). The second kappa shape index (κ2) is 6.80. The monoisotopic (exact) mass is 357 g/mol. The Morgan fingerprint density at radius 1 is 1.17 bits per heavy atom. The number of rotatable bonds is 4. The lowest BCUT2D eigenvalue weighted by molar-refractivity contribution is -0.136. The molecule has 0 atom stereocenters. The fourth-order valence-electron chi connectivity index (χ4n) is 2.69. The van der Waals surface area contributed by atoms with Crippen LogP contribution in [-0.2, 0) is 6.18 Å². The molecule has 1 fully saturated rings. The van der Waals surface area contributed by atoms with Crippen LogP contribution in [0.25, 0.3) is 0 Å². The first-order chi connectivity index (χ1) is 11.4. The molecule has 1 aliphatic rings. The minimum atomic E-state index is -4.54. The largest absolute Gasteiger partial charge is 0.418 e. The van der Waals surface area contributed by atoms with Crippen LogP contribution in [0.15, 0.2) is 24.4 Å². The number of nitrogens with zero attached hydrogens (tertiary/aromatic N) is 3. The summed E-state index contributed by atoms with van der Waals surface area (Å²) in [6.07, 6.45) is 1.31. The van der Waals surface area contributed by atoms with Gasteiger partial charge in [-0.1, -0.05) is 24.4 Å². The van der Waals surface area contributed by atoms with Gasteiger partial charge in [-0.15, -0.1) is 5.10 Å². The quantitative estimate of drug-likeness (QED) is 0.834. The second-order valence-electron chi connectivity index (χ2n) is 5.60. The first-order valence-corrected chi connectivity index (χ1v) is 7.89. The van der Waals surface area contributed by atoms with E-state index in [1.165, 1.54) is 18.3 Å². The van der Waals surface area contributed by atoms with Crippen molar-refractivity contribution < 1.29 is 13.2 Å². The minimum absolute atomic E-state index is 0.00330. The van der Waals surface area contributed by atoms with Gasteiger partial charge in [0.15, 0.2) is 5.82 Å². The summed E-state index contributed by atoms with van der Waals surface area (Å²) < 4.78 is 39.3. The summed E-state index contributed by atoms with van der Waals surface area (Å²) in [4.78, 5) is 4.18. The van der Waals surface area contributed by atoms with Crippen LogP contribution in [0.2, 0.25) is 5.02 Å². The summed E-state index contributed by atoms with van der Waals surface area (Å²) in [5.74, 6) is 0.479. The zero-order chi connectivity index (χ0) is 17.2. The summed E-state index contributed by atoms with van der Waals surface area (Å²) in [7, 11) is 0. The predicted octanol–water partition coefficient (Wildman–Crippen LogP) is 4.64. The van der Waals surface area contributed by atoms with Crippen LogP contribution in [0, 0.1) is 0 Å². The van der Waals surface area contributed by atoms with Gasteiger partial charge in [0.2, 0.25) is 5.95 Å². The van der Waals surface area contributed by atoms with E-state index in [1.54, 1.807) is 0 Å². The lowest BCUT2D eigenvalue weighted by Gasteiger charge is -2.15. The molecule has 0 amide bonds. The molecular weight excluding hydrogens is 343 g/mol. The van der Waals surface area contributed by atoms with Gasteiger partial charge in [0.1, 0.15) is 0 Å². The van der Waals surface area contributed by atoms with Gasteiger partial charge in [-0.3, -0.25) is 0 Å². The maximum Gasteiger partial charge on any atom is 0.418 e. The van der Waals surface area contributed by atoms with Gasteiger partial charge in [-0.2, -0.15) is 23.3 Å². The molecule has 2 N–H and O–H groups in total. The van der Waals surface area contributed by atoms with E-state index < -0.39 is 11.7 Å². The van der Waals surface area contributed by atoms with Crippen molar-refractivity contribution in [1.29, 1.82) is 0 Å². The Labute approximate surface area is 141 Å². The van der Waals surface area contributed by atoms with E-state index in [9.17, 15) is 13.2 Å². The average Bonchev–Trinajstić information content (AvgIpc) is 3.01. The fraction of sp³-hybridized carbons (Fsp3) is 0.400. The zero-order valence-electron chi connectivity index (χ0n) is 12.6. The Bertz CT molecular complexity index is 716. The summed E-state index contributed by atoms with van der Waals surface area (Å²) >= 11 is 5.66. The molecule has 3 rings (SSSR count). The van der Waals surface area contributed by atoms with Gasteiger partial charge < -0.3 is 10.6 Å². The maximum atomic E-state index is 13.1. The maximum absolute atomic E-state index is 13.1. The molecule has 0 saturated heterocycles. The highest BCUT2D eigenvalue weighted by atomic mass is 35.5. The van der Waals surface area contributed by atoms with Gasteiger partial charge >= 0.3 is 6.18 Å². The first kappa shape index (κ1) is 16.8. The van der Waals surface area contributed by atoms with Crippen molar-refractivity contribution in [2.24, 2.45) is 0 Å². The van der Waals surface area contributed by atoms with Gasteiger partial charge in [0, 0.05) is 11.1 Å². The summed E-state index contributed by atoms with van der Waals surface area (Å²) in [6, 6.07) is 3.78. The van der Waals surface area contributed by atoms with E-state index in [2.05, 4.69) is 25.8 Å². The Morgan fingerprint density at radius 3 is 2.62 bits per heavy atom. The van der Waals surface area contributed by atoms with E-state index in [0.29, 0.717) is 11.9 Å². The number of hydrogen-bond donors (Lipinski definition) is 2. The molecule has 1 aromatic heterocycles. The number of benzene rings is 1. The lowest BCUT2D eigenvalue weighted by atomic mass is 10.1. The molecule has 128 valence electrons. The van der Waals surface area contributed by atoms with Crippen LogP contribution in [0.4, 0.5) is 30.6 Å². The molecule has 1 saturated carbocycles. The molecule has 24 heavy (non-hydrogen) atoms. The van der Waals surface area contributed by atoms with Gasteiger partial charge in [0.25, 0.3) is 0 Å². The highest BCUT2D eigenvalue weighted by Crippen LogP contribution is 2.37. The summed E-state index contributed by atoms with van der Waals surface area (Å²) in [6.45, 7) is 0. The predicted molar refractivity (Wildman–Crippen MR) is 85.4 cm³/mol.